The number of amides is 2. The SMILES string of the molecule is CC1C(CN(C)C(C)C(O)c2ccccc2)OC(c2ccc(CNC(=O)NCc3ccccc3)cc2)OC1c1ccc(CO)cc1. The molecule has 0 spiro atoms. The number of carbonyl (C=O) groups is 1. The van der Waals surface area contributed by atoms with Gasteiger partial charge in [-0.1, -0.05) is 116 Å². The number of likely N-dealkylation sites (N-methyl/N-ethyl adjacent to an activating group) is 1. The van der Waals surface area contributed by atoms with Crippen LogP contribution in [-0.2, 0) is 29.2 Å². The van der Waals surface area contributed by atoms with Crippen molar-refractivity contribution in [1.29, 1.82) is 0 Å². The molecule has 0 saturated carbocycles. The van der Waals surface area contributed by atoms with Gasteiger partial charge in [-0.25, -0.2) is 4.79 Å². The fourth-order valence-electron chi connectivity index (χ4n) is 5.76. The number of nitrogens with zero attached hydrogens (tertiary/aromatic N) is 1. The molecule has 6 atom stereocenters. The number of aliphatic hydroxyl groups excluding tert-OH is 2. The number of rotatable bonds is 12. The second-order valence-corrected chi connectivity index (χ2v) is 12.1. The van der Waals surface area contributed by atoms with E-state index in [2.05, 4.69) is 22.5 Å². The molecule has 1 heterocycles. The van der Waals surface area contributed by atoms with Crippen LogP contribution in [0.2, 0.25) is 0 Å². The molecule has 46 heavy (non-hydrogen) atoms. The molecular weight excluding hydrogens is 578 g/mol. The van der Waals surface area contributed by atoms with E-state index in [1.807, 2.05) is 123 Å². The molecule has 5 rings (SSSR count). The number of nitrogens with one attached hydrogen (secondary N) is 2. The fraction of sp³-hybridized carbons (Fsp3) is 0.342. The minimum atomic E-state index is -0.638. The molecule has 1 aliphatic rings. The van der Waals surface area contributed by atoms with Gasteiger partial charge in [-0.05, 0) is 41.8 Å². The van der Waals surface area contributed by atoms with Crippen molar-refractivity contribution in [3.8, 4) is 0 Å². The molecule has 2 amide bonds. The zero-order valence-electron chi connectivity index (χ0n) is 26.8. The Morgan fingerprint density at radius 2 is 1.33 bits per heavy atom. The highest BCUT2D eigenvalue weighted by atomic mass is 16.7. The maximum atomic E-state index is 12.3. The zero-order chi connectivity index (χ0) is 32.5. The summed E-state index contributed by atoms with van der Waals surface area (Å²) < 4.78 is 13.2. The van der Waals surface area contributed by atoms with Gasteiger partial charge in [0.15, 0.2) is 6.29 Å². The normalized spacial score (nSPS) is 21.0. The molecule has 1 saturated heterocycles. The monoisotopic (exact) mass is 623 g/mol. The Hall–Kier alpha value is -4.05. The van der Waals surface area contributed by atoms with E-state index in [9.17, 15) is 15.0 Å². The lowest BCUT2D eigenvalue weighted by atomic mass is 9.89. The lowest BCUT2D eigenvalue weighted by molar-refractivity contribution is -0.276. The summed E-state index contributed by atoms with van der Waals surface area (Å²) in [7, 11) is 2.01. The molecule has 4 aromatic carbocycles. The second kappa shape index (κ2) is 16.0. The molecule has 6 unspecified atom stereocenters. The van der Waals surface area contributed by atoms with Crippen molar-refractivity contribution in [1.82, 2.24) is 15.5 Å². The first-order valence-electron chi connectivity index (χ1n) is 15.9. The molecule has 0 aromatic heterocycles. The minimum absolute atomic E-state index is 0.0117. The summed E-state index contributed by atoms with van der Waals surface area (Å²) in [6.07, 6.45) is -1.68. The third-order valence-corrected chi connectivity index (χ3v) is 8.89. The maximum absolute atomic E-state index is 12.3. The smallest absolute Gasteiger partial charge is 0.315 e. The standard InChI is InChI=1S/C38H45N3O5/c1-26-34(24-41(3)27(2)35(43)31-12-8-5-9-13-31)45-37(46-36(26)32-18-16-30(25-42)17-19-32)33-20-14-29(15-21-33)23-40-38(44)39-22-28-10-6-4-7-11-28/h4-21,26-27,34-37,42-43H,22-25H2,1-3H3,(H2,39,40,44). The van der Waals surface area contributed by atoms with Crippen LogP contribution in [0.15, 0.2) is 109 Å². The van der Waals surface area contributed by atoms with Crippen molar-refractivity contribution in [2.24, 2.45) is 5.92 Å². The lowest BCUT2D eigenvalue weighted by Gasteiger charge is -2.43. The lowest BCUT2D eigenvalue weighted by Crippen LogP contribution is -2.46. The van der Waals surface area contributed by atoms with Gasteiger partial charge in [0.2, 0.25) is 0 Å². The van der Waals surface area contributed by atoms with Crippen LogP contribution in [0.25, 0.3) is 0 Å². The van der Waals surface area contributed by atoms with Crippen LogP contribution in [0.5, 0.6) is 0 Å². The number of benzene rings is 4. The van der Waals surface area contributed by atoms with E-state index in [0.717, 1.165) is 33.4 Å². The van der Waals surface area contributed by atoms with Crippen LogP contribution in [0.1, 0.15) is 65.7 Å². The van der Waals surface area contributed by atoms with Crippen LogP contribution >= 0.6 is 0 Å². The van der Waals surface area contributed by atoms with Crippen molar-refractivity contribution in [2.75, 3.05) is 13.6 Å². The highest BCUT2D eigenvalue weighted by molar-refractivity contribution is 5.73. The number of urea groups is 1. The van der Waals surface area contributed by atoms with Gasteiger partial charge in [0.05, 0.1) is 24.9 Å². The molecule has 4 aromatic rings. The van der Waals surface area contributed by atoms with E-state index in [1.54, 1.807) is 0 Å². The number of carbonyl (C=O) groups excluding carboxylic acids is 1. The van der Waals surface area contributed by atoms with Crippen LogP contribution in [-0.4, -0.2) is 46.9 Å². The van der Waals surface area contributed by atoms with E-state index in [4.69, 9.17) is 9.47 Å². The van der Waals surface area contributed by atoms with Crippen molar-refractivity contribution >= 4 is 6.03 Å². The number of aliphatic hydroxyl groups is 2. The quantitative estimate of drug-likeness (QED) is 0.154. The zero-order valence-corrected chi connectivity index (χ0v) is 26.8. The third-order valence-electron chi connectivity index (χ3n) is 8.89. The molecular formula is C38H45N3O5. The first-order chi connectivity index (χ1) is 22.3. The van der Waals surface area contributed by atoms with Crippen molar-refractivity contribution in [3.63, 3.8) is 0 Å². The molecule has 4 N–H and O–H groups in total. The number of hydrogen-bond donors (Lipinski definition) is 4. The van der Waals surface area contributed by atoms with Crippen molar-refractivity contribution in [2.45, 2.75) is 64.2 Å². The van der Waals surface area contributed by atoms with Gasteiger partial charge < -0.3 is 30.3 Å². The summed E-state index contributed by atoms with van der Waals surface area (Å²) in [5.41, 5.74) is 5.62. The molecule has 0 aliphatic carbocycles. The van der Waals surface area contributed by atoms with Gasteiger partial charge in [0.25, 0.3) is 0 Å². The molecule has 1 aliphatic heterocycles. The van der Waals surface area contributed by atoms with Gasteiger partial charge in [-0.3, -0.25) is 4.90 Å². The van der Waals surface area contributed by atoms with Crippen LogP contribution < -0.4 is 10.6 Å². The molecule has 8 nitrogen and oxygen atoms in total. The predicted molar refractivity (Wildman–Crippen MR) is 178 cm³/mol. The van der Waals surface area contributed by atoms with Crippen molar-refractivity contribution < 1.29 is 24.5 Å². The van der Waals surface area contributed by atoms with E-state index in [-0.39, 0.29) is 36.8 Å². The summed E-state index contributed by atoms with van der Waals surface area (Å²) in [5.74, 6) is 0.0117. The molecule has 8 heteroatoms. The Morgan fingerprint density at radius 3 is 1.93 bits per heavy atom. The summed E-state index contributed by atoms with van der Waals surface area (Å²) in [6.45, 7) is 5.59. The highest BCUT2D eigenvalue weighted by Gasteiger charge is 2.39. The summed E-state index contributed by atoms with van der Waals surface area (Å²) in [5, 5.41) is 26.5. The Labute approximate surface area is 272 Å². The third kappa shape index (κ3) is 8.60. The largest absolute Gasteiger partial charge is 0.392 e. The second-order valence-electron chi connectivity index (χ2n) is 12.1. The molecule has 0 bridgehead atoms. The first-order valence-corrected chi connectivity index (χ1v) is 15.9. The van der Waals surface area contributed by atoms with Gasteiger partial charge in [-0.2, -0.15) is 0 Å². The Kier molecular flexibility index (Phi) is 11.6. The maximum Gasteiger partial charge on any atom is 0.315 e. The summed E-state index contributed by atoms with van der Waals surface area (Å²) in [4.78, 5) is 14.5. The average Bonchev–Trinajstić information content (AvgIpc) is 3.11. The van der Waals surface area contributed by atoms with Gasteiger partial charge in [0.1, 0.15) is 0 Å². The number of hydrogen-bond acceptors (Lipinski definition) is 6. The van der Waals surface area contributed by atoms with Gasteiger partial charge >= 0.3 is 6.03 Å². The predicted octanol–water partition coefficient (Wildman–Crippen LogP) is 6.02. The Balaban J connectivity index is 1.26. The average molecular weight is 624 g/mol. The van der Waals surface area contributed by atoms with E-state index in [0.29, 0.717) is 19.6 Å². The molecule has 242 valence electrons. The minimum Gasteiger partial charge on any atom is -0.392 e. The van der Waals surface area contributed by atoms with Crippen LogP contribution in [0.4, 0.5) is 4.79 Å². The summed E-state index contributed by atoms with van der Waals surface area (Å²) in [6, 6.07) is 34.9. The molecule has 1 fully saturated rings. The van der Waals surface area contributed by atoms with Crippen LogP contribution in [0.3, 0.4) is 0 Å². The van der Waals surface area contributed by atoms with Crippen LogP contribution in [0, 0.1) is 5.92 Å². The summed E-state index contributed by atoms with van der Waals surface area (Å²) >= 11 is 0. The molecule has 0 radical (unpaired) electrons. The van der Waals surface area contributed by atoms with E-state index >= 15 is 0 Å². The van der Waals surface area contributed by atoms with E-state index in [1.165, 1.54) is 0 Å². The van der Waals surface area contributed by atoms with Crippen molar-refractivity contribution in [3.05, 3.63) is 143 Å². The number of ether oxygens (including phenoxy) is 2. The first kappa shape index (κ1) is 33.3. The topological polar surface area (TPSA) is 103 Å². The van der Waals surface area contributed by atoms with Gasteiger partial charge in [0, 0.05) is 37.2 Å². The Morgan fingerprint density at radius 1 is 0.783 bits per heavy atom. The fourth-order valence-corrected chi connectivity index (χ4v) is 5.76. The van der Waals surface area contributed by atoms with Gasteiger partial charge in [-0.15, -0.1) is 0 Å². The van der Waals surface area contributed by atoms with E-state index < -0.39 is 12.4 Å². The highest BCUT2D eigenvalue weighted by Crippen LogP contribution is 2.42. The Bertz CT molecular complexity index is 1500.